The predicted octanol–water partition coefficient (Wildman–Crippen LogP) is 3.55. The molecule has 1 saturated carbocycles. The lowest BCUT2D eigenvalue weighted by Crippen LogP contribution is -2.35. The fraction of sp³-hybridized carbons (Fsp3) is 0.786. The second-order valence-corrected chi connectivity index (χ2v) is 7.25. The maximum absolute atomic E-state index is 4.79. The maximum atomic E-state index is 4.79. The first-order chi connectivity index (χ1) is 7.98. The Labute approximate surface area is 109 Å². The summed E-state index contributed by atoms with van der Waals surface area (Å²) in [5.41, 5.74) is 1.49. The highest BCUT2D eigenvalue weighted by atomic mass is 32.1. The van der Waals surface area contributed by atoms with Gasteiger partial charge in [-0.1, -0.05) is 6.92 Å². The van der Waals surface area contributed by atoms with Gasteiger partial charge in [0.05, 0.1) is 10.7 Å². The molecule has 2 rings (SSSR count). The molecule has 1 aromatic heterocycles. The van der Waals surface area contributed by atoms with Gasteiger partial charge in [-0.05, 0) is 46.0 Å². The summed E-state index contributed by atoms with van der Waals surface area (Å²) in [5.74, 6) is 0.939. The molecule has 0 radical (unpaired) electrons. The van der Waals surface area contributed by atoms with Crippen LogP contribution in [0.4, 0.5) is 0 Å². The van der Waals surface area contributed by atoms with Crippen molar-refractivity contribution in [2.24, 2.45) is 5.92 Å². The molecule has 0 amide bonds. The summed E-state index contributed by atoms with van der Waals surface area (Å²) in [7, 11) is 0. The Morgan fingerprint density at radius 1 is 1.35 bits per heavy atom. The van der Waals surface area contributed by atoms with Gasteiger partial charge in [-0.2, -0.15) is 0 Å². The smallest absolute Gasteiger partial charge is 0.0934 e. The molecule has 1 aliphatic rings. The summed E-state index contributed by atoms with van der Waals surface area (Å²) in [4.78, 5) is 6.23. The molecule has 96 valence electrons. The Kier molecular flexibility index (Phi) is 3.88. The molecule has 1 N–H and O–H groups in total. The topological polar surface area (TPSA) is 24.9 Å². The van der Waals surface area contributed by atoms with Crippen molar-refractivity contribution < 1.29 is 0 Å². The van der Waals surface area contributed by atoms with Crippen LogP contribution < -0.4 is 5.32 Å². The van der Waals surface area contributed by atoms with Gasteiger partial charge in [0.25, 0.3) is 0 Å². The van der Waals surface area contributed by atoms with E-state index in [2.05, 4.69) is 33.0 Å². The van der Waals surface area contributed by atoms with Gasteiger partial charge in [0.2, 0.25) is 0 Å². The lowest BCUT2D eigenvalue weighted by atomic mass is 10.1. The Hall–Kier alpha value is -0.410. The molecule has 1 heterocycles. The number of nitrogens with one attached hydrogen (secondary N) is 1. The van der Waals surface area contributed by atoms with Gasteiger partial charge in [-0.3, -0.25) is 0 Å². The largest absolute Gasteiger partial charge is 0.307 e. The van der Waals surface area contributed by atoms with Crippen molar-refractivity contribution in [2.45, 2.75) is 65.5 Å². The lowest BCUT2D eigenvalue weighted by molar-refractivity contribution is 0.425. The van der Waals surface area contributed by atoms with E-state index in [-0.39, 0.29) is 5.54 Å². The number of aryl methyl sites for hydroxylation is 1. The van der Waals surface area contributed by atoms with Crippen LogP contribution in [0.5, 0.6) is 0 Å². The minimum atomic E-state index is 0.186. The van der Waals surface area contributed by atoms with E-state index in [0.717, 1.165) is 18.9 Å². The summed E-state index contributed by atoms with van der Waals surface area (Å²) >= 11 is 1.92. The zero-order valence-electron chi connectivity index (χ0n) is 11.5. The monoisotopic (exact) mass is 252 g/mol. The molecule has 0 aromatic carbocycles. The third-order valence-corrected chi connectivity index (χ3v) is 4.22. The number of hydrogen-bond acceptors (Lipinski definition) is 3. The van der Waals surface area contributed by atoms with Crippen LogP contribution in [-0.2, 0) is 19.4 Å². The van der Waals surface area contributed by atoms with E-state index in [0.29, 0.717) is 0 Å². The van der Waals surface area contributed by atoms with Gasteiger partial charge in [-0.15, -0.1) is 11.3 Å². The maximum Gasteiger partial charge on any atom is 0.0934 e. The van der Waals surface area contributed by atoms with Crippen molar-refractivity contribution >= 4 is 11.3 Å². The van der Waals surface area contributed by atoms with Crippen molar-refractivity contribution in [3.8, 4) is 0 Å². The van der Waals surface area contributed by atoms with Crippen molar-refractivity contribution in [1.82, 2.24) is 10.3 Å². The Morgan fingerprint density at radius 3 is 2.59 bits per heavy atom. The van der Waals surface area contributed by atoms with Gasteiger partial charge in [0, 0.05) is 23.4 Å². The van der Waals surface area contributed by atoms with Crippen molar-refractivity contribution in [2.75, 3.05) is 0 Å². The highest BCUT2D eigenvalue weighted by Gasteiger charge is 2.24. The zero-order chi connectivity index (χ0) is 12.5. The summed E-state index contributed by atoms with van der Waals surface area (Å²) in [6, 6.07) is 0. The molecule has 0 spiro atoms. The minimum absolute atomic E-state index is 0.186. The van der Waals surface area contributed by atoms with Crippen molar-refractivity contribution in [3.05, 3.63) is 15.6 Å². The second-order valence-electron chi connectivity index (χ2n) is 6.08. The number of aromatic nitrogens is 1. The van der Waals surface area contributed by atoms with E-state index < -0.39 is 0 Å². The molecule has 1 fully saturated rings. The van der Waals surface area contributed by atoms with Crippen molar-refractivity contribution in [1.29, 1.82) is 0 Å². The highest BCUT2D eigenvalue weighted by molar-refractivity contribution is 7.11. The molecule has 0 bridgehead atoms. The molecule has 2 nitrogen and oxygen atoms in total. The number of rotatable bonds is 5. The van der Waals surface area contributed by atoms with Crippen LogP contribution in [0.25, 0.3) is 0 Å². The first kappa shape index (κ1) is 13.0. The average molecular weight is 252 g/mol. The molecule has 3 heteroatoms. The quantitative estimate of drug-likeness (QED) is 0.867. The van der Waals surface area contributed by atoms with E-state index in [1.165, 1.54) is 34.8 Å². The first-order valence-electron chi connectivity index (χ1n) is 6.70. The van der Waals surface area contributed by atoms with E-state index in [1.807, 2.05) is 11.3 Å². The van der Waals surface area contributed by atoms with Gasteiger partial charge < -0.3 is 5.32 Å². The van der Waals surface area contributed by atoms with Gasteiger partial charge in [-0.25, -0.2) is 4.98 Å². The van der Waals surface area contributed by atoms with Crippen LogP contribution in [0.1, 0.15) is 56.1 Å². The minimum Gasteiger partial charge on any atom is -0.307 e. The Balaban J connectivity index is 2.00. The molecule has 1 aromatic rings. The standard InChI is InChI=1S/C14H24N2S/c1-5-11-12(9-15-14(2,3)4)17-13(16-11)8-10-6-7-10/h10,15H,5-9H2,1-4H3. The summed E-state index contributed by atoms with van der Waals surface area (Å²) in [6.07, 6.45) is 5.10. The van der Waals surface area contributed by atoms with Crippen molar-refractivity contribution in [3.63, 3.8) is 0 Å². The van der Waals surface area contributed by atoms with E-state index in [4.69, 9.17) is 4.98 Å². The molecule has 0 aliphatic heterocycles. The molecule has 1 aliphatic carbocycles. The molecular formula is C14H24N2S. The summed E-state index contributed by atoms with van der Waals surface area (Å²) < 4.78 is 0. The lowest BCUT2D eigenvalue weighted by Gasteiger charge is -2.20. The number of nitrogens with zero attached hydrogens (tertiary/aromatic N) is 1. The van der Waals surface area contributed by atoms with Crippen LogP contribution >= 0.6 is 11.3 Å². The molecule has 0 atom stereocenters. The fourth-order valence-corrected chi connectivity index (χ4v) is 3.06. The van der Waals surface area contributed by atoms with E-state index >= 15 is 0 Å². The fourth-order valence-electron chi connectivity index (χ4n) is 1.85. The Morgan fingerprint density at radius 2 is 2.06 bits per heavy atom. The third kappa shape index (κ3) is 4.07. The number of thiazole rings is 1. The summed E-state index contributed by atoms with van der Waals surface area (Å²) in [6.45, 7) is 9.81. The SMILES string of the molecule is CCc1nc(CC2CC2)sc1CNC(C)(C)C. The van der Waals surface area contributed by atoms with Crippen LogP contribution in [0.15, 0.2) is 0 Å². The van der Waals surface area contributed by atoms with Gasteiger partial charge >= 0.3 is 0 Å². The summed E-state index contributed by atoms with van der Waals surface area (Å²) in [5, 5.41) is 4.92. The van der Waals surface area contributed by atoms with E-state index in [1.54, 1.807) is 0 Å². The Bertz CT molecular complexity index is 372. The van der Waals surface area contributed by atoms with Crippen LogP contribution in [0.2, 0.25) is 0 Å². The normalized spacial score (nSPS) is 16.5. The van der Waals surface area contributed by atoms with Crippen LogP contribution in [0.3, 0.4) is 0 Å². The van der Waals surface area contributed by atoms with E-state index in [9.17, 15) is 0 Å². The van der Waals surface area contributed by atoms with Gasteiger partial charge in [0.1, 0.15) is 0 Å². The van der Waals surface area contributed by atoms with Crippen LogP contribution in [0, 0.1) is 5.92 Å². The van der Waals surface area contributed by atoms with Gasteiger partial charge in [0.15, 0.2) is 0 Å². The third-order valence-electron chi connectivity index (χ3n) is 3.10. The molecular weight excluding hydrogens is 228 g/mol. The molecule has 0 saturated heterocycles. The number of hydrogen-bond donors (Lipinski definition) is 1. The predicted molar refractivity (Wildman–Crippen MR) is 74.5 cm³/mol. The first-order valence-corrected chi connectivity index (χ1v) is 7.52. The molecule has 17 heavy (non-hydrogen) atoms. The second kappa shape index (κ2) is 5.07. The zero-order valence-corrected chi connectivity index (χ0v) is 12.3. The van der Waals surface area contributed by atoms with Crippen LogP contribution in [-0.4, -0.2) is 10.5 Å². The average Bonchev–Trinajstić information content (AvgIpc) is 2.94. The molecule has 0 unspecified atom stereocenters. The highest BCUT2D eigenvalue weighted by Crippen LogP contribution is 2.34.